The average molecular weight is 562 g/mol. The van der Waals surface area contributed by atoms with Crippen LogP contribution in [-0.2, 0) is 12.7 Å². The summed E-state index contributed by atoms with van der Waals surface area (Å²) in [6, 6.07) is 22.2. The number of nitrogens with zero attached hydrogens (tertiary/aromatic N) is 6. The fourth-order valence-corrected chi connectivity index (χ4v) is 5.59. The summed E-state index contributed by atoms with van der Waals surface area (Å²) in [4.78, 5) is 9.16. The molecule has 0 bridgehead atoms. The molecule has 0 amide bonds. The average Bonchev–Trinajstić information content (AvgIpc) is 2.98. The van der Waals surface area contributed by atoms with E-state index >= 15 is 0 Å². The molecule has 0 unspecified atom stereocenters. The molecule has 3 heterocycles. The maximum Gasteiger partial charge on any atom is 0.416 e. The number of hydrogen-bond donors (Lipinski definition) is 1. The fourth-order valence-electron chi connectivity index (χ4n) is 5.59. The molecule has 1 aromatic heterocycles. The summed E-state index contributed by atoms with van der Waals surface area (Å²) in [5, 5.41) is 14.7. The second-order valence-corrected chi connectivity index (χ2v) is 10.8. The van der Waals surface area contributed by atoms with E-state index in [0.717, 1.165) is 80.7 Å². The monoisotopic (exact) mass is 561 g/mol. The van der Waals surface area contributed by atoms with Crippen LogP contribution < -0.4 is 15.1 Å². The predicted molar refractivity (Wildman–Crippen MR) is 158 cm³/mol. The third kappa shape index (κ3) is 6.23. The van der Waals surface area contributed by atoms with Crippen molar-refractivity contribution in [2.75, 3.05) is 74.5 Å². The first-order valence-corrected chi connectivity index (χ1v) is 14.0. The first-order chi connectivity index (χ1) is 19.8. The van der Waals surface area contributed by atoms with Crippen LogP contribution in [0.5, 0.6) is 0 Å². The van der Waals surface area contributed by atoms with Crippen molar-refractivity contribution in [1.29, 1.82) is 0 Å². The summed E-state index contributed by atoms with van der Waals surface area (Å²) in [5.74, 6) is 1.54. The highest BCUT2D eigenvalue weighted by Gasteiger charge is 2.30. The van der Waals surface area contributed by atoms with Crippen LogP contribution in [0, 0.1) is 0 Å². The zero-order chi connectivity index (χ0) is 28.4. The van der Waals surface area contributed by atoms with E-state index in [4.69, 9.17) is 0 Å². The molecule has 2 saturated heterocycles. The summed E-state index contributed by atoms with van der Waals surface area (Å²) in [6.07, 6.45) is -4.33. The molecule has 0 atom stereocenters. The number of hydrogen-bond acceptors (Lipinski definition) is 7. The molecule has 2 aliphatic heterocycles. The Morgan fingerprint density at radius 2 is 1.41 bits per heavy atom. The van der Waals surface area contributed by atoms with E-state index in [0.29, 0.717) is 17.9 Å². The number of alkyl halides is 3. The van der Waals surface area contributed by atoms with Crippen molar-refractivity contribution in [3.63, 3.8) is 0 Å². The summed E-state index contributed by atoms with van der Waals surface area (Å²) in [5.41, 5.74) is 2.25. The number of aromatic nitrogens is 2. The van der Waals surface area contributed by atoms with E-state index in [1.807, 2.05) is 12.1 Å². The minimum absolute atomic E-state index is 0.487. The first-order valence-electron chi connectivity index (χ1n) is 14.0. The van der Waals surface area contributed by atoms with Gasteiger partial charge in [-0.2, -0.15) is 13.2 Å². The highest BCUT2D eigenvalue weighted by Crippen LogP contribution is 2.32. The van der Waals surface area contributed by atoms with Gasteiger partial charge in [0.2, 0.25) is 0 Å². The lowest BCUT2D eigenvalue weighted by molar-refractivity contribution is -0.137. The highest BCUT2D eigenvalue weighted by atomic mass is 19.4. The molecule has 214 valence electrons. The van der Waals surface area contributed by atoms with Crippen molar-refractivity contribution >= 4 is 33.8 Å². The molecule has 7 nitrogen and oxygen atoms in total. The van der Waals surface area contributed by atoms with Gasteiger partial charge in [0.15, 0.2) is 11.6 Å². The Hall–Kier alpha value is -3.89. The van der Waals surface area contributed by atoms with Crippen LogP contribution in [0.2, 0.25) is 0 Å². The number of likely N-dealkylation sites (N-methyl/N-ethyl adjacent to an activating group) is 1. The van der Waals surface area contributed by atoms with Crippen LogP contribution in [0.1, 0.15) is 11.1 Å². The van der Waals surface area contributed by atoms with Gasteiger partial charge in [-0.25, -0.2) is 0 Å². The Bertz CT molecular complexity index is 1480. The van der Waals surface area contributed by atoms with Gasteiger partial charge in [0.1, 0.15) is 0 Å². The lowest BCUT2D eigenvalue weighted by atomic mass is 10.1. The van der Waals surface area contributed by atoms with Crippen molar-refractivity contribution in [3.05, 3.63) is 83.9 Å². The number of piperazine rings is 2. The molecule has 2 aliphatic rings. The van der Waals surface area contributed by atoms with Crippen molar-refractivity contribution < 1.29 is 13.2 Å². The number of nitrogens with one attached hydrogen (secondary N) is 1. The van der Waals surface area contributed by atoms with Gasteiger partial charge in [0.05, 0.1) is 5.56 Å². The zero-order valence-electron chi connectivity index (χ0n) is 23.1. The molecule has 0 spiro atoms. The number of anilines is 4. The van der Waals surface area contributed by atoms with Crippen LogP contribution in [0.4, 0.5) is 36.2 Å². The molecule has 0 aliphatic carbocycles. The van der Waals surface area contributed by atoms with Crippen molar-refractivity contribution in [2.45, 2.75) is 12.7 Å². The summed E-state index contributed by atoms with van der Waals surface area (Å²) >= 11 is 0. The van der Waals surface area contributed by atoms with Crippen LogP contribution in [0.3, 0.4) is 0 Å². The Labute approximate surface area is 238 Å². The number of rotatable bonds is 6. The number of halogens is 3. The normalized spacial score (nSPS) is 17.3. The third-order valence-electron chi connectivity index (χ3n) is 8.00. The topological polar surface area (TPSA) is 50.8 Å². The highest BCUT2D eigenvalue weighted by molar-refractivity contribution is 5.99. The fraction of sp³-hybridized carbons (Fsp3) is 0.355. The van der Waals surface area contributed by atoms with Gasteiger partial charge in [-0.05, 0) is 42.9 Å². The number of fused-ring (bicyclic) bond motifs is 1. The lowest BCUT2D eigenvalue weighted by Crippen LogP contribution is -2.46. The van der Waals surface area contributed by atoms with Crippen molar-refractivity contribution in [3.8, 4) is 0 Å². The molecule has 6 rings (SSSR count). The summed E-state index contributed by atoms with van der Waals surface area (Å²) in [6.45, 7) is 7.58. The summed E-state index contributed by atoms with van der Waals surface area (Å²) in [7, 11) is 2.16. The first kappa shape index (κ1) is 27.3. The lowest BCUT2D eigenvalue weighted by Gasteiger charge is -2.35. The van der Waals surface area contributed by atoms with Gasteiger partial charge in [-0.15, -0.1) is 10.2 Å². The maximum atomic E-state index is 13.1. The minimum atomic E-state index is -4.33. The van der Waals surface area contributed by atoms with Crippen LogP contribution >= 0.6 is 0 Å². The second-order valence-electron chi connectivity index (χ2n) is 10.8. The van der Waals surface area contributed by atoms with E-state index in [2.05, 4.69) is 78.6 Å². The van der Waals surface area contributed by atoms with E-state index in [1.54, 1.807) is 6.07 Å². The minimum Gasteiger partial charge on any atom is -0.369 e. The van der Waals surface area contributed by atoms with Gasteiger partial charge >= 0.3 is 6.18 Å². The molecule has 0 saturated carbocycles. The van der Waals surface area contributed by atoms with Crippen LogP contribution in [0.25, 0.3) is 10.8 Å². The molecule has 4 aromatic rings. The van der Waals surface area contributed by atoms with Gasteiger partial charge in [0.25, 0.3) is 0 Å². The van der Waals surface area contributed by atoms with E-state index in [1.165, 1.54) is 17.8 Å². The third-order valence-corrected chi connectivity index (χ3v) is 8.00. The zero-order valence-corrected chi connectivity index (χ0v) is 23.1. The van der Waals surface area contributed by atoms with Crippen LogP contribution in [-0.4, -0.2) is 79.4 Å². The molecule has 1 N–H and O–H groups in total. The van der Waals surface area contributed by atoms with Gasteiger partial charge < -0.3 is 20.0 Å². The Balaban J connectivity index is 1.13. The molecule has 2 fully saturated rings. The van der Waals surface area contributed by atoms with Crippen LogP contribution in [0.15, 0.2) is 72.8 Å². The van der Waals surface area contributed by atoms with E-state index in [-0.39, 0.29) is 0 Å². The van der Waals surface area contributed by atoms with Crippen molar-refractivity contribution in [2.24, 2.45) is 0 Å². The summed E-state index contributed by atoms with van der Waals surface area (Å²) < 4.78 is 39.4. The van der Waals surface area contributed by atoms with E-state index < -0.39 is 11.7 Å². The quantitative estimate of drug-likeness (QED) is 0.335. The van der Waals surface area contributed by atoms with E-state index in [9.17, 15) is 13.2 Å². The SMILES string of the molecule is CN1CCN(c2ccc(Nc3nnc(N4CCN(Cc5cccc(C(F)(F)F)c5)CC4)c4ccccc34)cc2)CC1. The largest absolute Gasteiger partial charge is 0.416 e. The Morgan fingerprint density at radius 3 is 2.12 bits per heavy atom. The van der Waals surface area contributed by atoms with Gasteiger partial charge in [0, 0.05) is 81.1 Å². The standard InChI is InChI=1S/C31H34F3N7/c1-38-13-17-40(18-14-38)26-11-9-25(10-12-26)35-29-27-7-2-3-8-28(27)30(37-36-29)41-19-15-39(16-20-41)22-23-5-4-6-24(21-23)31(32,33)34/h2-12,21H,13-20,22H2,1H3,(H,35,36). The molecular weight excluding hydrogens is 527 g/mol. The Kier molecular flexibility index (Phi) is 7.68. The molecule has 0 radical (unpaired) electrons. The second kappa shape index (κ2) is 11.5. The number of benzene rings is 3. The molecule has 41 heavy (non-hydrogen) atoms. The Morgan fingerprint density at radius 1 is 0.732 bits per heavy atom. The van der Waals surface area contributed by atoms with Crippen molar-refractivity contribution in [1.82, 2.24) is 20.0 Å². The van der Waals surface area contributed by atoms with Gasteiger partial charge in [-0.3, -0.25) is 4.90 Å². The molecular formula is C31H34F3N7. The smallest absolute Gasteiger partial charge is 0.369 e. The molecule has 10 heteroatoms. The molecule has 3 aromatic carbocycles. The predicted octanol–water partition coefficient (Wildman–Crippen LogP) is 5.47. The van der Waals surface area contributed by atoms with Gasteiger partial charge in [-0.1, -0.05) is 42.5 Å². The maximum absolute atomic E-state index is 13.1.